The molecule has 0 spiro atoms. The van der Waals surface area contributed by atoms with Gasteiger partial charge in [0.05, 0.1) is 6.21 Å². The molecule has 0 radical (unpaired) electrons. The smallest absolute Gasteiger partial charge is 0.332 e. The highest BCUT2D eigenvalue weighted by Crippen LogP contribution is 2.25. The van der Waals surface area contributed by atoms with Crippen molar-refractivity contribution in [2.75, 3.05) is 0 Å². The minimum absolute atomic E-state index is 0.202. The molecule has 0 unspecified atom stereocenters. The van der Waals surface area contributed by atoms with E-state index in [2.05, 4.69) is 5.10 Å². The Morgan fingerprint density at radius 2 is 1.90 bits per heavy atom. The van der Waals surface area contributed by atoms with Crippen molar-refractivity contribution >= 4 is 12.2 Å². The Bertz CT molecular complexity index is 672. The third-order valence-electron chi connectivity index (χ3n) is 2.39. The third-order valence-corrected chi connectivity index (χ3v) is 2.39. The molecule has 2 aromatic rings. The number of urea groups is 1. The lowest BCUT2D eigenvalue weighted by Crippen LogP contribution is -2.24. The van der Waals surface area contributed by atoms with Crippen molar-refractivity contribution in [3.8, 4) is 11.5 Å². The summed E-state index contributed by atoms with van der Waals surface area (Å²) in [4.78, 5) is 10.4. The van der Waals surface area contributed by atoms with Crippen LogP contribution in [0.25, 0.3) is 0 Å². The van der Waals surface area contributed by atoms with Crippen LogP contribution in [0.1, 0.15) is 5.56 Å². The molecule has 21 heavy (non-hydrogen) atoms. The number of nitrogens with zero attached hydrogens (tertiary/aromatic N) is 1. The van der Waals surface area contributed by atoms with Crippen molar-refractivity contribution < 1.29 is 18.3 Å². The fourth-order valence-electron chi connectivity index (χ4n) is 1.47. The van der Waals surface area contributed by atoms with Gasteiger partial charge in [-0.2, -0.15) is 5.10 Å². The van der Waals surface area contributed by atoms with Gasteiger partial charge in [-0.25, -0.2) is 19.0 Å². The van der Waals surface area contributed by atoms with Gasteiger partial charge in [-0.05, 0) is 42.0 Å². The number of primary amides is 1. The van der Waals surface area contributed by atoms with Gasteiger partial charge < -0.3 is 10.5 Å². The van der Waals surface area contributed by atoms with E-state index in [9.17, 15) is 13.6 Å². The molecule has 0 fully saturated rings. The Morgan fingerprint density at radius 1 is 1.19 bits per heavy atom. The highest BCUT2D eigenvalue weighted by atomic mass is 19.1. The van der Waals surface area contributed by atoms with Gasteiger partial charge in [-0.15, -0.1) is 0 Å². The topological polar surface area (TPSA) is 76.7 Å². The lowest BCUT2D eigenvalue weighted by molar-refractivity contribution is 0.249. The van der Waals surface area contributed by atoms with Gasteiger partial charge in [0, 0.05) is 6.07 Å². The van der Waals surface area contributed by atoms with Gasteiger partial charge in [0.1, 0.15) is 11.6 Å². The first-order valence-electron chi connectivity index (χ1n) is 5.86. The highest BCUT2D eigenvalue weighted by Gasteiger charge is 2.06. The van der Waals surface area contributed by atoms with E-state index < -0.39 is 17.7 Å². The zero-order valence-corrected chi connectivity index (χ0v) is 10.7. The SMILES string of the molecule is NC(=O)NN=Cc1ccc(Oc2cc(F)ccc2F)cc1. The van der Waals surface area contributed by atoms with Crippen molar-refractivity contribution in [2.24, 2.45) is 10.8 Å². The summed E-state index contributed by atoms with van der Waals surface area (Å²) in [6.45, 7) is 0. The number of ether oxygens (including phenoxy) is 1. The summed E-state index contributed by atoms with van der Waals surface area (Å²) in [5.41, 5.74) is 7.55. The highest BCUT2D eigenvalue weighted by molar-refractivity contribution is 5.81. The molecule has 0 saturated carbocycles. The lowest BCUT2D eigenvalue weighted by Gasteiger charge is -2.06. The molecule has 5 nitrogen and oxygen atoms in total. The van der Waals surface area contributed by atoms with Crippen molar-refractivity contribution in [2.45, 2.75) is 0 Å². The van der Waals surface area contributed by atoms with E-state index >= 15 is 0 Å². The number of hydrogen-bond donors (Lipinski definition) is 2. The molecule has 0 heterocycles. The first kappa shape index (κ1) is 14.4. The summed E-state index contributed by atoms with van der Waals surface area (Å²) in [6, 6.07) is 8.53. The van der Waals surface area contributed by atoms with Crippen LogP contribution in [0.15, 0.2) is 47.6 Å². The van der Waals surface area contributed by atoms with Gasteiger partial charge >= 0.3 is 6.03 Å². The van der Waals surface area contributed by atoms with E-state index in [0.29, 0.717) is 11.3 Å². The zero-order valence-electron chi connectivity index (χ0n) is 10.7. The molecule has 0 saturated heterocycles. The monoisotopic (exact) mass is 291 g/mol. The van der Waals surface area contributed by atoms with Gasteiger partial charge in [0.25, 0.3) is 0 Å². The van der Waals surface area contributed by atoms with E-state index in [1.165, 1.54) is 6.21 Å². The maximum absolute atomic E-state index is 13.4. The molecule has 0 aliphatic carbocycles. The van der Waals surface area contributed by atoms with E-state index in [1.807, 2.05) is 5.43 Å². The summed E-state index contributed by atoms with van der Waals surface area (Å²) in [5, 5.41) is 3.58. The van der Waals surface area contributed by atoms with Crippen molar-refractivity contribution in [3.63, 3.8) is 0 Å². The van der Waals surface area contributed by atoms with Gasteiger partial charge in [-0.1, -0.05) is 0 Å². The van der Waals surface area contributed by atoms with Crippen LogP contribution >= 0.6 is 0 Å². The number of hydrazone groups is 1. The summed E-state index contributed by atoms with van der Waals surface area (Å²) >= 11 is 0. The fraction of sp³-hybridized carbons (Fsp3) is 0. The predicted molar refractivity (Wildman–Crippen MR) is 73.2 cm³/mol. The Morgan fingerprint density at radius 3 is 2.57 bits per heavy atom. The average molecular weight is 291 g/mol. The molecule has 2 rings (SSSR count). The number of halogens is 2. The van der Waals surface area contributed by atoms with Crippen molar-refractivity contribution in [3.05, 3.63) is 59.7 Å². The Labute approximate surface area is 119 Å². The largest absolute Gasteiger partial charge is 0.454 e. The van der Waals surface area contributed by atoms with Crippen LogP contribution in [0.3, 0.4) is 0 Å². The summed E-state index contributed by atoms with van der Waals surface area (Å²) in [5.74, 6) is -1.12. The normalized spacial score (nSPS) is 10.6. The van der Waals surface area contributed by atoms with Crippen LogP contribution in [0, 0.1) is 11.6 Å². The number of rotatable bonds is 4. The van der Waals surface area contributed by atoms with Gasteiger partial charge in [-0.3, -0.25) is 0 Å². The first-order chi connectivity index (χ1) is 10.0. The molecule has 3 N–H and O–H groups in total. The van der Waals surface area contributed by atoms with Crippen molar-refractivity contribution in [1.82, 2.24) is 5.43 Å². The maximum atomic E-state index is 13.4. The number of amides is 2. The molecule has 2 aromatic carbocycles. The maximum Gasteiger partial charge on any atom is 0.332 e. The molecular weight excluding hydrogens is 280 g/mol. The molecule has 7 heteroatoms. The number of carbonyl (C=O) groups is 1. The second-order valence-corrected chi connectivity index (χ2v) is 3.98. The van der Waals surface area contributed by atoms with Crippen LogP contribution in [-0.2, 0) is 0 Å². The number of nitrogens with two attached hydrogens (primary N) is 1. The molecular formula is C14H11F2N3O2. The van der Waals surface area contributed by atoms with Gasteiger partial charge in [0.15, 0.2) is 11.6 Å². The molecule has 0 aliphatic heterocycles. The molecule has 108 valence electrons. The van der Waals surface area contributed by atoms with E-state index in [0.717, 1.165) is 18.2 Å². The van der Waals surface area contributed by atoms with E-state index in [-0.39, 0.29) is 5.75 Å². The molecule has 0 bridgehead atoms. The number of benzene rings is 2. The quantitative estimate of drug-likeness (QED) is 0.671. The predicted octanol–water partition coefficient (Wildman–Crippen LogP) is 2.76. The molecule has 2 amide bonds. The zero-order chi connectivity index (χ0) is 15.2. The summed E-state index contributed by atoms with van der Waals surface area (Å²) in [6.07, 6.45) is 1.37. The molecule has 0 aromatic heterocycles. The van der Waals surface area contributed by atoms with Crippen LogP contribution in [0.5, 0.6) is 11.5 Å². The van der Waals surface area contributed by atoms with E-state index in [4.69, 9.17) is 10.5 Å². The first-order valence-corrected chi connectivity index (χ1v) is 5.86. The van der Waals surface area contributed by atoms with Crippen LogP contribution in [-0.4, -0.2) is 12.2 Å². The number of carbonyl (C=O) groups excluding carboxylic acids is 1. The Kier molecular flexibility index (Phi) is 4.45. The van der Waals surface area contributed by atoms with E-state index in [1.54, 1.807) is 24.3 Å². The Hall–Kier alpha value is -2.96. The summed E-state index contributed by atoms with van der Waals surface area (Å²) in [7, 11) is 0. The minimum Gasteiger partial charge on any atom is -0.454 e. The number of hydrogen-bond acceptors (Lipinski definition) is 3. The number of nitrogens with one attached hydrogen (secondary N) is 1. The minimum atomic E-state index is -0.771. The van der Waals surface area contributed by atoms with Gasteiger partial charge in [0.2, 0.25) is 0 Å². The Balaban J connectivity index is 2.07. The second-order valence-electron chi connectivity index (χ2n) is 3.98. The van der Waals surface area contributed by atoms with Crippen LogP contribution in [0.4, 0.5) is 13.6 Å². The van der Waals surface area contributed by atoms with Crippen LogP contribution in [0.2, 0.25) is 0 Å². The standard InChI is InChI=1S/C14H11F2N3O2/c15-10-3-6-12(16)13(7-10)21-11-4-1-9(2-5-11)8-18-19-14(17)20/h1-8H,(H3,17,19,20). The molecule has 0 aliphatic rings. The second kappa shape index (κ2) is 6.47. The fourth-order valence-corrected chi connectivity index (χ4v) is 1.47. The summed E-state index contributed by atoms with van der Waals surface area (Å²) < 4.78 is 31.7. The third kappa shape index (κ3) is 4.27. The van der Waals surface area contributed by atoms with Crippen LogP contribution < -0.4 is 15.9 Å². The average Bonchev–Trinajstić information content (AvgIpc) is 2.44. The van der Waals surface area contributed by atoms with Crippen molar-refractivity contribution in [1.29, 1.82) is 0 Å². The lowest BCUT2D eigenvalue weighted by atomic mass is 10.2. The molecule has 0 atom stereocenters.